The lowest BCUT2D eigenvalue weighted by atomic mass is 10.0. The average molecular weight is 818 g/mol. The highest BCUT2D eigenvalue weighted by Crippen LogP contribution is 2.16. The number of aliphatic hydroxyl groups is 2. The van der Waals surface area contributed by atoms with Crippen LogP contribution in [0.1, 0.15) is 271 Å². The summed E-state index contributed by atoms with van der Waals surface area (Å²) in [5.74, 6) is -0.0933. The second-order valence-electron chi connectivity index (χ2n) is 17.5. The number of esters is 1. The second-order valence-corrected chi connectivity index (χ2v) is 17.5. The van der Waals surface area contributed by atoms with E-state index in [2.05, 4.69) is 43.5 Å². The van der Waals surface area contributed by atoms with E-state index < -0.39 is 12.1 Å². The Hall–Kier alpha value is -1.66. The molecule has 0 fully saturated rings. The average Bonchev–Trinajstić information content (AvgIpc) is 3.22. The highest BCUT2D eigenvalue weighted by molar-refractivity contribution is 5.76. The van der Waals surface area contributed by atoms with Crippen LogP contribution in [0.3, 0.4) is 0 Å². The van der Waals surface area contributed by atoms with Crippen LogP contribution in [-0.2, 0) is 14.3 Å². The SMILES string of the molecule is CCCCC/C=C\CCCCCCCC(=O)OCCCCC/C=C\CCCCCCCC(=O)NC(CO)C(O)CCCCCCCCCCCCCCCCCCC. The number of carbonyl (C=O) groups is 2. The van der Waals surface area contributed by atoms with Gasteiger partial charge >= 0.3 is 5.97 Å². The molecule has 0 saturated carbocycles. The van der Waals surface area contributed by atoms with Crippen LogP contribution in [0.5, 0.6) is 0 Å². The topological polar surface area (TPSA) is 95.9 Å². The summed E-state index contributed by atoms with van der Waals surface area (Å²) < 4.78 is 5.42. The zero-order valence-electron chi connectivity index (χ0n) is 38.8. The van der Waals surface area contributed by atoms with Gasteiger partial charge in [0.25, 0.3) is 0 Å². The van der Waals surface area contributed by atoms with E-state index in [0.29, 0.717) is 25.9 Å². The van der Waals surface area contributed by atoms with Crippen LogP contribution in [0.25, 0.3) is 0 Å². The maximum atomic E-state index is 12.4. The number of nitrogens with one attached hydrogen (secondary N) is 1. The summed E-state index contributed by atoms with van der Waals surface area (Å²) in [5.41, 5.74) is 0. The number of hydrogen-bond acceptors (Lipinski definition) is 5. The smallest absolute Gasteiger partial charge is 0.305 e. The first-order valence-electron chi connectivity index (χ1n) is 25.6. The predicted octanol–water partition coefficient (Wildman–Crippen LogP) is 15.1. The lowest BCUT2D eigenvalue weighted by molar-refractivity contribution is -0.143. The van der Waals surface area contributed by atoms with Crippen molar-refractivity contribution in [2.24, 2.45) is 0 Å². The van der Waals surface area contributed by atoms with Crippen LogP contribution in [0.2, 0.25) is 0 Å². The number of aliphatic hydroxyl groups excluding tert-OH is 2. The third-order valence-corrected chi connectivity index (χ3v) is 11.7. The van der Waals surface area contributed by atoms with Gasteiger partial charge < -0.3 is 20.3 Å². The maximum absolute atomic E-state index is 12.4. The Balaban J connectivity index is 3.52. The van der Waals surface area contributed by atoms with Gasteiger partial charge in [0.1, 0.15) is 0 Å². The van der Waals surface area contributed by atoms with E-state index in [1.807, 2.05) is 0 Å². The van der Waals surface area contributed by atoms with Crippen LogP contribution < -0.4 is 5.32 Å². The van der Waals surface area contributed by atoms with Crippen LogP contribution in [-0.4, -0.2) is 47.4 Å². The molecule has 0 heterocycles. The first-order valence-corrected chi connectivity index (χ1v) is 25.6. The van der Waals surface area contributed by atoms with E-state index in [9.17, 15) is 19.8 Å². The van der Waals surface area contributed by atoms with Gasteiger partial charge in [0.2, 0.25) is 5.91 Å². The molecule has 3 N–H and O–H groups in total. The van der Waals surface area contributed by atoms with E-state index in [-0.39, 0.29) is 18.5 Å². The zero-order chi connectivity index (χ0) is 42.3. The van der Waals surface area contributed by atoms with Crippen molar-refractivity contribution in [3.63, 3.8) is 0 Å². The fourth-order valence-electron chi connectivity index (χ4n) is 7.74. The molecule has 1 amide bonds. The molecule has 0 saturated heterocycles. The summed E-state index contributed by atoms with van der Waals surface area (Å²) in [5, 5.41) is 23.2. The van der Waals surface area contributed by atoms with E-state index >= 15 is 0 Å². The van der Waals surface area contributed by atoms with Gasteiger partial charge in [-0.25, -0.2) is 0 Å². The van der Waals surface area contributed by atoms with Crippen LogP contribution in [0.15, 0.2) is 24.3 Å². The van der Waals surface area contributed by atoms with Crippen molar-refractivity contribution >= 4 is 11.9 Å². The van der Waals surface area contributed by atoms with Gasteiger partial charge in [-0.1, -0.05) is 199 Å². The van der Waals surface area contributed by atoms with Crippen molar-refractivity contribution in [3.8, 4) is 0 Å². The van der Waals surface area contributed by atoms with E-state index in [0.717, 1.165) is 77.0 Å². The zero-order valence-corrected chi connectivity index (χ0v) is 38.8. The van der Waals surface area contributed by atoms with Gasteiger partial charge in [0.05, 0.1) is 25.4 Å². The number of amides is 1. The van der Waals surface area contributed by atoms with Gasteiger partial charge in [0.15, 0.2) is 0 Å². The number of rotatable bonds is 47. The number of ether oxygens (including phenoxy) is 1. The lowest BCUT2D eigenvalue weighted by Gasteiger charge is -2.22. The molecule has 0 rings (SSSR count). The molecule has 0 aliphatic heterocycles. The molecule has 6 nitrogen and oxygen atoms in total. The molecule has 0 radical (unpaired) electrons. The van der Waals surface area contributed by atoms with Crippen LogP contribution >= 0.6 is 0 Å². The lowest BCUT2D eigenvalue weighted by Crippen LogP contribution is -2.45. The third-order valence-electron chi connectivity index (χ3n) is 11.7. The number of allylic oxidation sites excluding steroid dienone is 4. The minimum absolute atomic E-state index is 0.0328. The molecule has 0 spiro atoms. The summed E-state index contributed by atoms with van der Waals surface area (Å²) in [6, 6.07) is -0.560. The molecule has 0 aromatic heterocycles. The molecule has 0 aliphatic rings. The Morgan fingerprint density at radius 3 is 1.26 bits per heavy atom. The highest BCUT2D eigenvalue weighted by atomic mass is 16.5. The molecular weight excluding hydrogens is 719 g/mol. The Morgan fingerprint density at radius 1 is 0.466 bits per heavy atom. The Morgan fingerprint density at radius 2 is 0.810 bits per heavy atom. The molecular formula is C52H99NO5. The second kappa shape index (κ2) is 48.0. The minimum atomic E-state index is -0.680. The van der Waals surface area contributed by atoms with Crippen molar-refractivity contribution in [2.45, 2.75) is 283 Å². The monoisotopic (exact) mass is 818 g/mol. The summed E-state index contributed by atoms with van der Waals surface area (Å²) >= 11 is 0. The van der Waals surface area contributed by atoms with E-state index in [1.165, 1.54) is 161 Å². The van der Waals surface area contributed by atoms with Crippen molar-refractivity contribution < 1.29 is 24.5 Å². The fraction of sp³-hybridized carbons (Fsp3) is 0.885. The van der Waals surface area contributed by atoms with Crippen molar-refractivity contribution in [1.82, 2.24) is 5.32 Å². The van der Waals surface area contributed by atoms with Gasteiger partial charge in [-0.3, -0.25) is 9.59 Å². The normalized spacial score (nSPS) is 12.8. The third kappa shape index (κ3) is 43.9. The molecule has 0 aromatic rings. The molecule has 0 aliphatic carbocycles. The molecule has 58 heavy (non-hydrogen) atoms. The van der Waals surface area contributed by atoms with Gasteiger partial charge in [-0.15, -0.1) is 0 Å². The molecule has 2 unspecified atom stereocenters. The molecule has 2 atom stereocenters. The highest BCUT2D eigenvalue weighted by Gasteiger charge is 2.20. The van der Waals surface area contributed by atoms with Gasteiger partial charge in [-0.05, 0) is 83.5 Å². The fourth-order valence-corrected chi connectivity index (χ4v) is 7.74. The summed E-state index contributed by atoms with van der Waals surface area (Å²) in [7, 11) is 0. The van der Waals surface area contributed by atoms with Crippen molar-refractivity contribution in [2.75, 3.05) is 13.2 Å². The summed E-state index contributed by atoms with van der Waals surface area (Å²) in [6.45, 7) is 4.87. The first kappa shape index (κ1) is 56.3. The first-order chi connectivity index (χ1) is 28.5. The van der Waals surface area contributed by atoms with E-state index in [4.69, 9.17) is 4.74 Å². The number of unbranched alkanes of at least 4 members (excludes halogenated alkanes) is 32. The standard InChI is InChI=1S/C52H99NO5/c1-3-5-7-9-11-13-15-17-18-19-20-21-24-28-32-36-40-44-50(55)49(48-54)53-51(56)45-41-37-33-29-25-22-23-27-31-35-39-43-47-58-52(57)46-42-38-34-30-26-16-14-12-10-8-6-4-2/h12,14,23,27,49-50,54-55H,3-11,13,15-22,24-26,28-48H2,1-2H3,(H,53,56)/b14-12-,27-23-. The number of carbonyl (C=O) groups excluding carboxylic acids is 2. The minimum Gasteiger partial charge on any atom is -0.466 e. The van der Waals surface area contributed by atoms with Gasteiger partial charge in [-0.2, -0.15) is 0 Å². The van der Waals surface area contributed by atoms with E-state index in [1.54, 1.807) is 0 Å². The van der Waals surface area contributed by atoms with Crippen molar-refractivity contribution in [3.05, 3.63) is 24.3 Å². The van der Waals surface area contributed by atoms with Crippen molar-refractivity contribution in [1.29, 1.82) is 0 Å². The molecule has 0 bridgehead atoms. The van der Waals surface area contributed by atoms with Crippen LogP contribution in [0, 0.1) is 0 Å². The van der Waals surface area contributed by atoms with Gasteiger partial charge in [0, 0.05) is 12.8 Å². The van der Waals surface area contributed by atoms with Crippen LogP contribution in [0.4, 0.5) is 0 Å². The maximum Gasteiger partial charge on any atom is 0.305 e. The quantitative estimate of drug-likeness (QED) is 0.0323. The Labute approximate surface area is 361 Å². The Bertz CT molecular complexity index is 904. The molecule has 0 aromatic carbocycles. The largest absolute Gasteiger partial charge is 0.466 e. The molecule has 6 heteroatoms. The Kier molecular flexibility index (Phi) is 46.6. The molecule has 342 valence electrons. The summed E-state index contributed by atoms with van der Waals surface area (Å²) in [6.07, 6.45) is 55.7. The summed E-state index contributed by atoms with van der Waals surface area (Å²) in [4.78, 5) is 24.4. The predicted molar refractivity (Wildman–Crippen MR) is 250 cm³/mol. The number of hydrogen-bond donors (Lipinski definition) is 3.